The van der Waals surface area contributed by atoms with E-state index >= 15 is 0 Å². The van der Waals surface area contributed by atoms with Crippen molar-refractivity contribution in [3.05, 3.63) is 28.8 Å². The van der Waals surface area contributed by atoms with E-state index in [-0.39, 0.29) is 12.0 Å². The molecule has 0 aliphatic rings. The van der Waals surface area contributed by atoms with Crippen molar-refractivity contribution in [1.29, 1.82) is 0 Å². The number of hydrogen-bond donors (Lipinski definition) is 1. The fourth-order valence-corrected chi connectivity index (χ4v) is 1.90. The van der Waals surface area contributed by atoms with Crippen molar-refractivity contribution in [3.63, 3.8) is 0 Å². The molecule has 0 unspecified atom stereocenters. The normalized spacial score (nSPS) is 10.3. The lowest BCUT2D eigenvalue weighted by atomic mass is 10.2. The van der Waals surface area contributed by atoms with E-state index in [9.17, 15) is 0 Å². The number of nitrogens with two attached hydrogens (primary N) is 1. The SMILES string of the molecule is COc1nc(OC)nc(N(C)Cc2cc(N)ccc2Cl)n1. The Morgan fingerprint density at radius 1 is 1.14 bits per heavy atom. The molecule has 0 saturated heterocycles. The molecule has 1 aromatic carbocycles. The van der Waals surface area contributed by atoms with Crippen molar-refractivity contribution in [2.24, 2.45) is 0 Å². The summed E-state index contributed by atoms with van der Waals surface area (Å²) >= 11 is 6.16. The van der Waals surface area contributed by atoms with Crippen LogP contribution in [-0.4, -0.2) is 36.2 Å². The van der Waals surface area contributed by atoms with Crippen molar-refractivity contribution >= 4 is 23.2 Å². The van der Waals surface area contributed by atoms with Gasteiger partial charge in [0.15, 0.2) is 0 Å². The Labute approximate surface area is 127 Å². The molecule has 0 fully saturated rings. The van der Waals surface area contributed by atoms with E-state index in [0.717, 1.165) is 5.56 Å². The predicted molar refractivity (Wildman–Crippen MR) is 80.9 cm³/mol. The van der Waals surface area contributed by atoms with Gasteiger partial charge >= 0.3 is 12.0 Å². The van der Waals surface area contributed by atoms with Gasteiger partial charge in [0.1, 0.15) is 0 Å². The molecule has 0 radical (unpaired) electrons. The van der Waals surface area contributed by atoms with Gasteiger partial charge in [0.2, 0.25) is 5.95 Å². The third kappa shape index (κ3) is 3.63. The lowest BCUT2D eigenvalue weighted by Crippen LogP contribution is -2.20. The second kappa shape index (κ2) is 6.45. The molecule has 0 aliphatic carbocycles. The van der Waals surface area contributed by atoms with Crippen LogP contribution in [-0.2, 0) is 6.54 Å². The van der Waals surface area contributed by atoms with Crippen molar-refractivity contribution in [2.45, 2.75) is 6.54 Å². The number of halogens is 1. The van der Waals surface area contributed by atoms with Gasteiger partial charge in [0, 0.05) is 24.3 Å². The number of aromatic nitrogens is 3. The zero-order chi connectivity index (χ0) is 15.4. The monoisotopic (exact) mass is 309 g/mol. The minimum atomic E-state index is 0.183. The fourth-order valence-electron chi connectivity index (χ4n) is 1.72. The Morgan fingerprint density at radius 3 is 2.33 bits per heavy atom. The van der Waals surface area contributed by atoms with Crippen molar-refractivity contribution < 1.29 is 9.47 Å². The second-order valence-corrected chi connectivity index (χ2v) is 4.72. The van der Waals surface area contributed by atoms with Crippen LogP contribution < -0.4 is 20.1 Å². The van der Waals surface area contributed by atoms with Gasteiger partial charge in [-0.3, -0.25) is 0 Å². The van der Waals surface area contributed by atoms with E-state index in [4.69, 9.17) is 26.8 Å². The molecule has 1 heterocycles. The number of methoxy groups -OCH3 is 2. The summed E-state index contributed by atoms with van der Waals surface area (Å²) in [5.74, 6) is 0.414. The number of ether oxygens (including phenoxy) is 2. The Bertz CT molecular complexity index is 616. The zero-order valence-corrected chi connectivity index (χ0v) is 12.8. The predicted octanol–water partition coefficient (Wildman–Crippen LogP) is 1.76. The highest BCUT2D eigenvalue weighted by atomic mass is 35.5. The summed E-state index contributed by atoms with van der Waals surface area (Å²) in [6, 6.07) is 5.69. The number of hydrogen-bond acceptors (Lipinski definition) is 7. The Balaban J connectivity index is 2.27. The number of anilines is 2. The quantitative estimate of drug-likeness (QED) is 0.842. The number of nitrogens with zero attached hydrogens (tertiary/aromatic N) is 4. The van der Waals surface area contributed by atoms with Gasteiger partial charge in [-0.2, -0.15) is 9.97 Å². The van der Waals surface area contributed by atoms with E-state index in [1.54, 1.807) is 17.0 Å². The van der Waals surface area contributed by atoms with Gasteiger partial charge in [-0.1, -0.05) is 11.6 Å². The lowest BCUT2D eigenvalue weighted by Gasteiger charge is -2.18. The third-order valence-corrected chi connectivity index (χ3v) is 3.14. The summed E-state index contributed by atoms with van der Waals surface area (Å²) in [4.78, 5) is 14.1. The van der Waals surface area contributed by atoms with Crippen LogP contribution in [0.15, 0.2) is 18.2 Å². The highest BCUT2D eigenvalue weighted by Gasteiger charge is 2.13. The maximum atomic E-state index is 6.16. The van der Waals surface area contributed by atoms with Crippen LogP contribution in [0.4, 0.5) is 11.6 Å². The van der Waals surface area contributed by atoms with Crippen LogP contribution in [0, 0.1) is 0 Å². The van der Waals surface area contributed by atoms with Crippen LogP contribution >= 0.6 is 11.6 Å². The summed E-state index contributed by atoms with van der Waals surface area (Å²) in [5.41, 5.74) is 7.29. The molecule has 1 aromatic heterocycles. The van der Waals surface area contributed by atoms with E-state index in [2.05, 4.69) is 15.0 Å². The topological polar surface area (TPSA) is 86.4 Å². The molecule has 7 nitrogen and oxygen atoms in total. The van der Waals surface area contributed by atoms with Gasteiger partial charge < -0.3 is 20.1 Å². The molecule has 2 rings (SSSR count). The highest BCUT2D eigenvalue weighted by molar-refractivity contribution is 6.31. The van der Waals surface area contributed by atoms with Gasteiger partial charge in [0.25, 0.3) is 0 Å². The first-order valence-electron chi connectivity index (χ1n) is 6.12. The van der Waals surface area contributed by atoms with Crippen molar-refractivity contribution in [2.75, 3.05) is 31.9 Å². The van der Waals surface area contributed by atoms with Crippen molar-refractivity contribution in [1.82, 2.24) is 15.0 Å². The molecule has 2 aromatic rings. The average molecular weight is 310 g/mol. The molecular weight excluding hydrogens is 294 g/mol. The maximum Gasteiger partial charge on any atom is 0.324 e. The molecule has 21 heavy (non-hydrogen) atoms. The summed E-state index contributed by atoms with van der Waals surface area (Å²) in [6.45, 7) is 0.486. The largest absolute Gasteiger partial charge is 0.467 e. The standard InChI is InChI=1S/C13H16ClN5O2/c1-19(7-8-6-9(15)4-5-10(8)14)11-16-12(20-2)18-13(17-11)21-3/h4-6H,7,15H2,1-3H3. The van der Waals surface area contributed by atoms with Crippen LogP contribution in [0.2, 0.25) is 5.02 Å². The third-order valence-electron chi connectivity index (χ3n) is 2.77. The molecule has 0 aliphatic heterocycles. The Morgan fingerprint density at radius 2 is 1.76 bits per heavy atom. The summed E-state index contributed by atoms with van der Waals surface area (Å²) in [6.07, 6.45) is 0. The zero-order valence-electron chi connectivity index (χ0n) is 12.0. The number of nitrogen functional groups attached to an aromatic ring is 1. The smallest absolute Gasteiger partial charge is 0.324 e. The van der Waals surface area contributed by atoms with E-state index in [1.165, 1.54) is 14.2 Å². The molecule has 0 amide bonds. The first kappa shape index (κ1) is 15.1. The van der Waals surface area contributed by atoms with Gasteiger partial charge in [0.05, 0.1) is 14.2 Å². The van der Waals surface area contributed by atoms with Crippen LogP contribution in [0.5, 0.6) is 12.0 Å². The Hall–Kier alpha value is -2.28. The summed E-state index contributed by atoms with van der Waals surface area (Å²) in [7, 11) is 4.79. The molecule has 0 saturated carbocycles. The first-order chi connectivity index (χ1) is 10.0. The van der Waals surface area contributed by atoms with Gasteiger partial charge in [-0.05, 0) is 23.8 Å². The van der Waals surface area contributed by atoms with E-state index in [0.29, 0.717) is 23.2 Å². The molecule has 8 heteroatoms. The van der Waals surface area contributed by atoms with Crippen LogP contribution in [0.3, 0.4) is 0 Å². The van der Waals surface area contributed by atoms with Crippen molar-refractivity contribution in [3.8, 4) is 12.0 Å². The molecule has 112 valence electrons. The molecular formula is C13H16ClN5O2. The minimum absolute atomic E-state index is 0.183. The maximum absolute atomic E-state index is 6.16. The minimum Gasteiger partial charge on any atom is -0.467 e. The Kier molecular flexibility index (Phi) is 4.64. The molecule has 0 atom stereocenters. The molecule has 2 N–H and O–H groups in total. The van der Waals surface area contributed by atoms with E-state index < -0.39 is 0 Å². The summed E-state index contributed by atoms with van der Waals surface area (Å²) < 4.78 is 10.1. The van der Waals surface area contributed by atoms with Crippen LogP contribution in [0.25, 0.3) is 0 Å². The number of rotatable bonds is 5. The fraction of sp³-hybridized carbons (Fsp3) is 0.308. The second-order valence-electron chi connectivity index (χ2n) is 4.32. The van der Waals surface area contributed by atoms with E-state index in [1.807, 2.05) is 13.1 Å². The molecule has 0 bridgehead atoms. The highest BCUT2D eigenvalue weighted by Crippen LogP contribution is 2.22. The average Bonchev–Trinajstić information content (AvgIpc) is 2.50. The molecule has 0 spiro atoms. The summed E-state index contributed by atoms with van der Waals surface area (Å²) in [5, 5.41) is 0.629. The first-order valence-corrected chi connectivity index (χ1v) is 6.50. The van der Waals surface area contributed by atoms with Gasteiger partial charge in [-0.25, -0.2) is 0 Å². The number of benzene rings is 1. The van der Waals surface area contributed by atoms with Crippen LogP contribution in [0.1, 0.15) is 5.56 Å². The van der Waals surface area contributed by atoms with Gasteiger partial charge in [-0.15, -0.1) is 4.98 Å². The lowest BCUT2D eigenvalue weighted by molar-refractivity contribution is 0.340.